The van der Waals surface area contributed by atoms with Gasteiger partial charge in [-0.1, -0.05) is 0 Å². The van der Waals surface area contributed by atoms with E-state index in [-0.39, 0.29) is 0 Å². The van der Waals surface area contributed by atoms with Gasteiger partial charge in [0, 0.05) is 24.1 Å². The fourth-order valence-electron chi connectivity index (χ4n) is 1.53. The van der Waals surface area contributed by atoms with Gasteiger partial charge in [-0.05, 0) is 30.3 Å². The minimum Gasteiger partial charge on any atom is -0.497 e. The van der Waals surface area contributed by atoms with Gasteiger partial charge in [0.05, 0.1) is 12.8 Å². The van der Waals surface area contributed by atoms with Crippen LogP contribution in [-0.4, -0.2) is 23.0 Å². The summed E-state index contributed by atoms with van der Waals surface area (Å²) in [5.41, 5.74) is 1.95. The maximum Gasteiger partial charge on any atom is 0.130 e. The average molecular weight is 249 g/mol. The molecule has 17 heavy (non-hydrogen) atoms. The Balaban J connectivity index is 2.28. The van der Waals surface area contributed by atoms with E-state index in [1.807, 2.05) is 30.3 Å². The summed E-state index contributed by atoms with van der Waals surface area (Å²) in [5.74, 6) is 2.14. The smallest absolute Gasteiger partial charge is 0.130 e. The molecule has 0 unspecified atom stereocenters. The van der Waals surface area contributed by atoms with E-state index in [1.54, 1.807) is 13.3 Å². The molecule has 3 nitrogen and oxygen atoms in total. The third kappa shape index (κ3) is 2.94. The molecule has 0 N–H and O–H groups in total. The van der Waals surface area contributed by atoms with Crippen LogP contribution in [0.1, 0.15) is 5.82 Å². The molecule has 0 aliphatic heterocycles. The summed E-state index contributed by atoms with van der Waals surface area (Å²) >= 11 is 5.68. The van der Waals surface area contributed by atoms with E-state index < -0.39 is 0 Å². The predicted molar refractivity (Wildman–Crippen MR) is 68.4 cm³/mol. The lowest BCUT2D eigenvalue weighted by atomic mass is 10.1. The van der Waals surface area contributed by atoms with Crippen LogP contribution >= 0.6 is 11.6 Å². The van der Waals surface area contributed by atoms with Crippen LogP contribution in [-0.2, 0) is 6.42 Å². The number of aromatic nitrogens is 2. The normalized spacial score (nSPS) is 10.2. The topological polar surface area (TPSA) is 35.0 Å². The lowest BCUT2D eigenvalue weighted by Crippen LogP contribution is -1.97. The number of rotatable bonds is 4. The largest absolute Gasteiger partial charge is 0.497 e. The number of alkyl halides is 1. The SMILES string of the molecule is COc1ccc(-c2ccnc(CCCl)n2)cc1. The molecule has 0 aliphatic carbocycles. The van der Waals surface area contributed by atoms with Crippen LogP contribution in [0.25, 0.3) is 11.3 Å². The fourth-order valence-corrected chi connectivity index (χ4v) is 1.70. The molecule has 0 fully saturated rings. The number of ether oxygens (including phenoxy) is 1. The first-order valence-electron chi connectivity index (χ1n) is 5.36. The van der Waals surface area contributed by atoms with Gasteiger partial charge in [0.25, 0.3) is 0 Å². The molecule has 88 valence electrons. The van der Waals surface area contributed by atoms with Crippen molar-refractivity contribution in [3.05, 3.63) is 42.4 Å². The zero-order valence-corrected chi connectivity index (χ0v) is 10.3. The molecule has 0 bridgehead atoms. The zero-order valence-electron chi connectivity index (χ0n) is 9.56. The third-order valence-electron chi connectivity index (χ3n) is 2.41. The first kappa shape index (κ1) is 11.9. The molecule has 0 spiro atoms. The van der Waals surface area contributed by atoms with E-state index in [9.17, 15) is 0 Å². The van der Waals surface area contributed by atoms with E-state index in [0.717, 1.165) is 22.8 Å². The summed E-state index contributed by atoms with van der Waals surface area (Å²) in [6, 6.07) is 9.67. The summed E-state index contributed by atoms with van der Waals surface area (Å²) in [4.78, 5) is 8.62. The fraction of sp³-hybridized carbons (Fsp3) is 0.231. The third-order valence-corrected chi connectivity index (χ3v) is 2.60. The van der Waals surface area contributed by atoms with Crippen molar-refractivity contribution in [3.63, 3.8) is 0 Å². The van der Waals surface area contributed by atoms with Crippen LogP contribution in [0.2, 0.25) is 0 Å². The standard InChI is InChI=1S/C13H13ClN2O/c1-17-11-4-2-10(3-5-11)12-7-9-15-13(16-12)6-8-14/h2-5,7,9H,6,8H2,1H3. The van der Waals surface area contributed by atoms with Crippen molar-refractivity contribution in [2.45, 2.75) is 6.42 Å². The predicted octanol–water partition coefficient (Wildman–Crippen LogP) is 2.93. The monoisotopic (exact) mass is 248 g/mol. The van der Waals surface area contributed by atoms with E-state index in [1.165, 1.54) is 0 Å². The number of hydrogen-bond donors (Lipinski definition) is 0. The second-order valence-electron chi connectivity index (χ2n) is 3.53. The summed E-state index contributed by atoms with van der Waals surface area (Å²) in [7, 11) is 1.65. The zero-order chi connectivity index (χ0) is 12.1. The molecule has 0 aliphatic rings. The molecule has 2 rings (SSSR count). The summed E-state index contributed by atoms with van der Waals surface area (Å²) in [6.07, 6.45) is 2.44. The van der Waals surface area contributed by atoms with Gasteiger partial charge in [0.15, 0.2) is 0 Å². The van der Waals surface area contributed by atoms with Crippen LogP contribution in [0.4, 0.5) is 0 Å². The Morgan fingerprint density at radius 1 is 1.18 bits per heavy atom. The molecule has 1 aromatic heterocycles. The Morgan fingerprint density at radius 3 is 2.59 bits per heavy atom. The van der Waals surface area contributed by atoms with Gasteiger partial charge in [0.1, 0.15) is 11.6 Å². The Morgan fingerprint density at radius 2 is 1.94 bits per heavy atom. The molecule has 0 atom stereocenters. The van der Waals surface area contributed by atoms with Crippen molar-refractivity contribution in [2.24, 2.45) is 0 Å². The molecule has 1 heterocycles. The molecule has 0 saturated heterocycles. The van der Waals surface area contributed by atoms with E-state index in [4.69, 9.17) is 16.3 Å². The molecule has 0 radical (unpaired) electrons. The lowest BCUT2D eigenvalue weighted by Gasteiger charge is -2.04. The molecular weight excluding hydrogens is 236 g/mol. The maximum atomic E-state index is 5.68. The highest BCUT2D eigenvalue weighted by Gasteiger charge is 2.02. The average Bonchev–Trinajstić information content (AvgIpc) is 2.40. The molecule has 2 aromatic rings. The van der Waals surface area contributed by atoms with Crippen molar-refractivity contribution in [3.8, 4) is 17.0 Å². The van der Waals surface area contributed by atoms with Gasteiger partial charge in [-0.25, -0.2) is 9.97 Å². The van der Waals surface area contributed by atoms with Crippen LogP contribution < -0.4 is 4.74 Å². The van der Waals surface area contributed by atoms with Gasteiger partial charge < -0.3 is 4.74 Å². The maximum absolute atomic E-state index is 5.68. The van der Waals surface area contributed by atoms with Crippen LogP contribution in [0.5, 0.6) is 5.75 Å². The van der Waals surface area contributed by atoms with E-state index in [2.05, 4.69) is 9.97 Å². The van der Waals surface area contributed by atoms with Crippen molar-refractivity contribution in [2.75, 3.05) is 13.0 Å². The number of aryl methyl sites for hydroxylation is 1. The Kier molecular flexibility index (Phi) is 3.94. The minimum absolute atomic E-state index is 0.534. The van der Waals surface area contributed by atoms with Crippen molar-refractivity contribution < 1.29 is 4.74 Å². The van der Waals surface area contributed by atoms with Crippen LogP contribution in [0.3, 0.4) is 0 Å². The second kappa shape index (κ2) is 5.64. The lowest BCUT2D eigenvalue weighted by molar-refractivity contribution is 0.415. The quantitative estimate of drug-likeness (QED) is 0.781. The van der Waals surface area contributed by atoms with E-state index >= 15 is 0 Å². The number of hydrogen-bond acceptors (Lipinski definition) is 3. The van der Waals surface area contributed by atoms with Gasteiger partial charge in [0.2, 0.25) is 0 Å². The van der Waals surface area contributed by atoms with Crippen molar-refractivity contribution >= 4 is 11.6 Å². The van der Waals surface area contributed by atoms with Gasteiger partial charge in [-0.15, -0.1) is 11.6 Å². The Labute approximate surface area is 105 Å². The summed E-state index contributed by atoms with van der Waals surface area (Å²) in [5, 5.41) is 0. The Bertz CT molecular complexity index is 485. The van der Waals surface area contributed by atoms with Crippen molar-refractivity contribution in [1.82, 2.24) is 9.97 Å². The minimum atomic E-state index is 0.534. The number of benzene rings is 1. The molecule has 1 aromatic carbocycles. The second-order valence-corrected chi connectivity index (χ2v) is 3.90. The van der Waals surface area contributed by atoms with Crippen molar-refractivity contribution in [1.29, 1.82) is 0 Å². The van der Waals surface area contributed by atoms with Gasteiger partial charge in [-0.2, -0.15) is 0 Å². The van der Waals surface area contributed by atoms with Crippen LogP contribution in [0.15, 0.2) is 36.5 Å². The number of nitrogens with zero attached hydrogens (tertiary/aromatic N) is 2. The van der Waals surface area contributed by atoms with Gasteiger partial charge >= 0.3 is 0 Å². The highest BCUT2D eigenvalue weighted by atomic mass is 35.5. The molecule has 4 heteroatoms. The molecular formula is C13H13ClN2O. The van der Waals surface area contributed by atoms with E-state index in [0.29, 0.717) is 12.3 Å². The summed E-state index contributed by atoms with van der Waals surface area (Å²) < 4.78 is 5.12. The summed E-state index contributed by atoms with van der Waals surface area (Å²) in [6.45, 7) is 0. The highest BCUT2D eigenvalue weighted by Crippen LogP contribution is 2.20. The number of methoxy groups -OCH3 is 1. The number of halogens is 1. The highest BCUT2D eigenvalue weighted by molar-refractivity contribution is 6.17. The Hall–Kier alpha value is -1.61. The first-order valence-corrected chi connectivity index (χ1v) is 5.89. The first-order chi connectivity index (χ1) is 8.33. The van der Waals surface area contributed by atoms with Crippen LogP contribution in [0, 0.1) is 0 Å². The molecule has 0 saturated carbocycles. The van der Waals surface area contributed by atoms with Gasteiger partial charge in [-0.3, -0.25) is 0 Å². The molecule has 0 amide bonds.